The third-order valence-corrected chi connectivity index (χ3v) is 4.18. The molecule has 86 valence electrons. The van der Waals surface area contributed by atoms with E-state index in [2.05, 4.69) is 52.3 Å². The van der Waals surface area contributed by atoms with E-state index in [0.717, 1.165) is 12.3 Å². The lowest BCUT2D eigenvalue weighted by Gasteiger charge is -2.12. The van der Waals surface area contributed by atoms with Crippen LogP contribution in [0, 0.1) is 5.92 Å². The molecule has 0 spiro atoms. The molecule has 0 radical (unpaired) electrons. The van der Waals surface area contributed by atoms with Crippen LogP contribution in [-0.2, 0) is 6.42 Å². The normalized spacial score (nSPS) is 13.5. The summed E-state index contributed by atoms with van der Waals surface area (Å²) in [5.41, 5.74) is 1.22. The molecule has 1 unspecified atom stereocenters. The van der Waals surface area contributed by atoms with Crippen molar-refractivity contribution in [2.75, 3.05) is 0 Å². The van der Waals surface area contributed by atoms with Crippen LogP contribution in [0.1, 0.15) is 26.0 Å². The van der Waals surface area contributed by atoms with E-state index in [9.17, 15) is 0 Å². The molecule has 0 saturated heterocycles. The highest BCUT2D eigenvalue weighted by Crippen LogP contribution is 2.25. The van der Waals surface area contributed by atoms with E-state index in [1.165, 1.54) is 22.2 Å². The van der Waals surface area contributed by atoms with Gasteiger partial charge in [-0.1, -0.05) is 29.8 Å². The number of alkyl halides is 1. The number of aromatic nitrogens is 1. The summed E-state index contributed by atoms with van der Waals surface area (Å²) in [5, 5.41) is 3.46. The first-order chi connectivity index (χ1) is 7.66. The molecule has 16 heavy (non-hydrogen) atoms. The van der Waals surface area contributed by atoms with Crippen LogP contribution < -0.4 is 0 Å². The molecule has 0 saturated carbocycles. The van der Waals surface area contributed by atoms with Crippen LogP contribution in [-0.4, -0.2) is 9.81 Å². The molecule has 0 aliphatic heterocycles. The molecule has 0 aromatic carbocycles. The molecule has 1 nitrogen and oxygen atoms in total. The Kier molecular flexibility index (Phi) is 3.98. The highest BCUT2D eigenvalue weighted by atomic mass is 79.9. The van der Waals surface area contributed by atoms with Gasteiger partial charge in [-0.3, -0.25) is 4.98 Å². The zero-order valence-electron chi connectivity index (χ0n) is 9.61. The average molecular weight is 298 g/mol. The van der Waals surface area contributed by atoms with E-state index in [4.69, 9.17) is 0 Å². The van der Waals surface area contributed by atoms with Gasteiger partial charge >= 0.3 is 0 Å². The van der Waals surface area contributed by atoms with Gasteiger partial charge in [0.2, 0.25) is 0 Å². The van der Waals surface area contributed by atoms with Crippen molar-refractivity contribution < 1.29 is 0 Å². The molecule has 2 heterocycles. The van der Waals surface area contributed by atoms with Gasteiger partial charge in [0.15, 0.2) is 0 Å². The van der Waals surface area contributed by atoms with Gasteiger partial charge in [0, 0.05) is 27.5 Å². The molecule has 0 aliphatic carbocycles. The van der Waals surface area contributed by atoms with Gasteiger partial charge in [-0.15, -0.1) is 11.3 Å². The Morgan fingerprint density at radius 2 is 2.19 bits per heavy atom. The summed E-state index contributed by atoms with van der Waals surface area (Å²) in [6, 6.07) is 4.27. The summed E-state index contributed by atoms with van der Waals surface area (Å²) in [4.78, 5) is 5.04. The maximum Gasteiger partial charge on any atom is 0.0501 e. The van der Waals surface area contributed by atoms with Crippen LogP contribution >= 0.6 is 27.3 Å². The summed E-state index contributed by atoms with van der Waals surface area (Å²) >= 11 is 5.54. The second-order valence-electron chi connectivity index (χ2n) is 4.52. The second-order valence-corrected chi connectivity index (χ2v) is 6.76. The minimum atomic E-state index is 0.533. The summed E-state index contributed by atoms with van der Waals surface area (Å²) < 4.78 is 1.34. The van der Waals surface area contributed by atoms with Crippen molar-refractivity contribution in [2.45, 2.75) is 31.5 Å². The molecule has 0 amide bonds. The van der Waals surface area contributed by atoms with E-state index in [0.29, 0.717) is 4.83 Å². The summed E-state index contributed by atoms with van der Waals surface area (Å²) in [6.45, 7) is 4.51. The van der Waals surface area contributed by atoms with Crippen LogP contribution in [0.2, 0.25) is 0 Å². The molecule has 2 aromatic heterocycles. The third-order valence-electron chi connectivity index (χ3n) is 2.60. The highest BCUT2D eigenvalue weighted by Gasteiger charge is 2.11. The number of halogens is 1. The average Bonchev–Trinajstić information content (AvgIpc) is 2.65. The van der Waals surface area contributed by atoms with Crippen LogP contribution in [0.25, 0.3) is 10.1 Å². The van der Waals surface area contributed by atoms with Gasteiger partial charge in [-0.25, -0.2) is 0 Å². The molecule has 0 bridgehead atoms. The molecule has 0 fully saturated rings. The molecular weight excluding hydrogens is 282 g/mol. The zero-order valence-corrected chi connectivity index (χ0v) is 12.0. The number of fused-ring (bicyclic) bond motifs is 1. The summed E-state index contributed by atoms with van der Waals surface area (Å²) in [5.74, 6) is 0.728. The molecule has 0 N–H and O–H groups in total. The number of thiophene rings is 1. The van der Waals surface area contributed by atoms with Gasteiger partial charge in [0.05, 0.1) is 5.69 Å². The van der Waals surface area contributed by atoms with E-state index < -0.39 is 0 Å². The van der Waals surface area contributed by atoms with Crippen molar-refractivity contribution >= 4 is 37.4 Å². The Hall–Kier alpha value is -0.410. The van der Waals surface area contributed by atoms with Crippen molar-refractivity contribution in [1.29, 1.82) is 0 Å². The van der Waals surface area contributed by atoms with E-state index in [1.54, 1.807) is 11.3 Å². The minimum absolute atomic E-state index is 0.533. The van der Waals surface area contributed by atoms with Crippen LogP contribution in [0.3, 0.4) is 0 Å². The summed E-state index contributed by atoms with van der Waals surface area (Å²) in [6.07, 6.45) is 4.14. The second kappa shape index (κ2) is 5.28. The van der Waals surface area contributed by atoms with Gasteiger partial charge in [-0.05, 0) is 29.9 Å². The third kappa shape index (κ3) is 2.83. The lowest BCUT2D eigenvalue weighted by molar-refractivity contribution is 0.569. The predicted molar refractivity (Wildman–Crippen MR) is 75.5 cm³/mol. The maximum atomic E-state index is 4.50. The standard InChI is InChI=1S/C13H16BrNS/c1-9(2)7-10(14)8-12-11-4-6-16-13(11)3-5-15-12/h3-6,9-10H,7-8H2,1-2H3. The van der Waals surface area contributed by atoms with Crippen molar-refractivity contribution in [3.8, 4) is 0 Å². The van der Waals surface area contributed by atoms with Crippen molar-refractivity contribution in [2.24, 2.45) is 5.92 Å². The molecule has 2 rings (SSSR count). The Morgan fingerprint density at radius 3 is 2.94 bits per heavy atom. The lowest BCUT2D eigenvalue weighted by atomic mass is 10.0. The number of nitrogens with zero attached hydrogens (tertiary/aromatic N) is 1. The molecule has 0 aliphatic rings. The fraction of sp³-hybridized carbons (Fsp3) is 0.462. The molecule has 2 aromatic rings. The van der Waals surface area contributed by atoms with E-state index >= 15 is 0 Å². The monoisotopic (exact) mass is 297 g/mol. The predicted octanol–water partition coefficient (Wildman–Crippen LogP) is 4.65. The first-order valence-electron chi connectivity index (χ1n) is 5.62. The molecule has 1 atom stereocenters. The van der Waals surface area contributed by atoms with Crippen LogP contribution in [0.5, 0.6) is 0 Å². The number of pyridine rings is 1. The lowest BCUT2D eigenvalue weighted by Crippen LogP contribution is -2.07. The van der Waals surface area contributed by atoms with Crippen LogP contribution in [0.4, 0.5) is 0 Å². The van der Waals surface area contributed by atoms with E-state index in [1.807, 2.05) is 6.20 Å². The highest BCUT2D eigenvalue weighted by molar-refractivity contribution is 9.09. The fourth-order valence-electron chi connectivity index (χ4n) is 1.92. The van der Waals surface area contributed by atoms with Gasteiger partial charge in [-0.2, -0.15) is 0 Å². The van der Waals surface area contributed by atoms with Gasteiger partial charge in [0.25, 0.3) is 0 Å². The number of hydrogen-bond donors (Lipinski definition) is 0. The minimum Gasteiger partial charge on any atom is -0.261 e. The SMILES string of the molecule is CC(C)CC(Br)Cc1nccc2sccc12. The van der Waals surface area contributed by atoms with Crippen molar-refractivity contribution in [1.82, 2.24) is 4.98 Å². The number of hydrogen-bond acceptors (Lipinski definition) is 2. The van der Waals surface area contributed by atoms with Gasteiger partial charge in [0.1, 0.15) is 0 Å². The van der Waals surface area contributed by atoms with Crippen molar-refractivity contribution in [3.05, 3.63) is 29.4 Å². The van der Waals surface area contributed by atoms with E-state index in [-0.39, 0.29) is 0 Å². The topological polar surface area (TPSA) is 12.9 Å². The Labute approximate surface area is 109 Å². The largest absolute Gasteiger partial charge is 0.261 e. The Bertz CT molecular complexity index is 464. The fourth-order valence-corrected chi connectivity index (χ4v) is 3.78. The Morgan fingerprint density at radius 1 is 1.38 bits per heavy atom. The van der Waals surface area contributed by atoms with Gasteiger partial charge < -0.3 is 0 Å². The first kappa shape index (κ1) is 12.1. The smallest absolute Gasteiger partial charge is 0.0501 e. The maximum absolute atomic E-state index is 4.50. The van der Waals surface area contributed by atoms with Crippen LogP contribution in [0.15, 0.2) is 23.7 Å². The number of rotatable bonds is 4. The Balaban J connectivity index is 2.17. The zero-order chi connectivity index (χ0) is 11.5. The first-order valence-corrected chi connectivity index (χ1v) is 7.41. The molecular formula is C13H16BrNS. The molecule has 3 heteroatoms. The quantitative estimate of drug-likeness (QED) is 0.749. The summed E-state index contributed by atoms with van der Waals surface area (Å²) in [7, 11) is 0. The van der Waals surface area contributed by atoms with Crippen molar-refractivity contribution in [3.63, 3.8) is 0 Å².